The summed E-state index contributed by atoms with van der Waals surface area (Å²) in [6.07, 6.45) is 2.59. The quantitative estimate of drug-likeness (QED) is 0.730. The lowest BCUT2D eigenvalue weighted by Gasteiger charge is -2.37. The average molecular weight is 189 g/mol. The van der Waals surface area contributed by atoms with Gasteiger partial charge in [-0.3, -0.25) is 0 Å². The van der Waals surface area contributed by atoms with Gasteiger partial charge in [-0.25, -0.2) is 0 Å². The number of hydrogen-bond donors (Lipinski definition) is 1. The van der Waals surface area contributed by atoms with Crippen molar-refractivity contribution in [3.05, 3.63) is 0 Å². The van der Waals surface area contributed by atoms with E-state index in [4.69, 9.17) is 10.5 Å². The van der Waals surface area contributed by atoms with Crippen LogP contribution in [-0.4, -0.2) is 30.8 Å². The Kier molecular flexibility index (Phi) is 3.87. The Bertz CT molecular complexity index is 130. The fraction of sp³-hybridized carbons (Fsp3) is 1.00. The fourth-order valence-corrected chi connectivity index (χ4v) is 2.98. The van der Waals surface area contributed by atoms with E-state index in [0.29, 0.717) is 12.5 Å². The van der Waals surface area contributed by atoms with Crippen LogP contribution in [0.15, 0.2) is 0 Å². The maximum Gasteiger partial charge on any atom is 0.0808 e. The highest BCUT2D eigenvalue weighted by Gasteiger charge is 2.33. The monoisotopic (exact) mass is 189 g/mol. The molecule has 0 spiro atoms. The summed E-state index contributed by atoms with van der Waals surface area (Å²) in [6.45, 7) is 2.76. The van der Waals surface area contributed by atoms with E-state index < -0.39 is 0 Å². The highest BCUT2D eigenvalue weighted by molar-refractivity contribution is 7.99. The van der Waals surface area contributed by atoms with E-state index in [2.05, 4.69) is 6.92 Å². The minimum absolute atomic E-state index is 0.0899. The van der Waals surface area contributed by atoms with Crippen LogP contribution in [0.2, 0.25) is 0 Å². The summed E-state index contributed by atoms with van der Waals surface area (Å²) in [5.41, 5.74) is 5.62. The Morgan fingerprint density at radius 3 is 2.83 bits per heavy atom. The molecule has 1 fully saturated rings. The average Bonchev–Trinajstić information content (AvgIpc) is 2.18. The molecule has 2 nitrogen and oxygen atoms in total. The zero-order chi connectivity index (χ0) is 9.03. The van der Waals surface area contributed by atoms with Gasteiger partial charge in [0.15, 0.2) is 0 Å². The molecule has 3 heteroatoms. The van der Waals surface area contributed by atoms with Crippen LogP contribution in [0.3, 0.4) is 0 Å². The van der Waals surface area contributed by atoms with Crippen molar-refractivity contribution in [1.29, 1.82) is 0 Å². The zero-order valence-corrected chi connectivity index (χ0v) is 8.82. The second-order valence-electron chi connectivity index (χ2n) is 3.63. The van der Waals surface area contributed by atoms with Gasteiger partial charge in [0, 0.05) is 13.7 Å². The van der Waals surface area contributed by atoms with Crippen LogP contribution < -0.4 is 5.73 Å². The van der Waals surface area contributed by atoms with Crippen molar-refractivity contribution in [1.82, 2.24) is 0 Å². The van der Waals surface area contributed by atoms with Crippen LogP contribution in [-0.2, 0) is 4.74 Å². The summed E-state index contributed by atoms with van der Waals surface area (Å²) in [5, 5.41) is 0. The molecule has 12 heavy (non-hydrogen) atoms. The molecule has 0 radical (unpaired) electrons. The van der Waals surface area contributed by atoms with Gasteiger partial charge in [0.1, 0.15) is 0 Å². The molecule has 0 saturated carbocycles. The SMILES string of the molecule is COC(C)(CN)C1CCCSC1. The third-order valence-electron chi connectivity index (χ3n) is 2.90. The van der Waals surface area contributed by atoms with E-state index in [0.717, 1.165) is 0 Å². The fourth-order valence-electron chi connectivity index (χ4n) is 1.64. The molecule has 1 aliphatic heterocycles. The predicted molar refractivity (Wildman–Crippen MR) is 54.5 cm³/mol. The molecule has 2 atom stereocenters. The van der Waals surface area contributed by atoms with Gasteiger partial charge in [0.05, 0.1) is 5.60 Å². The number of hydrogen-bond acceptors (Lipinski definition) is 3. The molecule has 0 amide bonds. The summed E-state index contributed by atoms with van der Waals surface area (Å²) in [7, 11) is 1.77. The first-order valence-electron chi connectivity index (χ1n) is 4.56. The van der Waals surface area contributed by atoms with Crippen molar-refractivity contribution in [2.75, 3.05) is 25.2 Å². The summed E-state index contributed by atoms with van der Waals surface area (Å²) in [5.74, 6) is 3.16. The largest absolute Gasteiger partial charge is 0.377 e. The second-order valence-corrected chi connectivity index (χ2v) is 4.78. The minimum Gasteiger partial charge on any atom is -0.377 e. The van der Waals surface area contributed by atoms with Crippen molar-refractivity contribution < 1.29 is 4.74 Å². The van der Waals surface area contributed by atoms with Crippen LogP contribution in [0.5, 0.6) is 0 Å². The van der Waals surface area contributed by atoms with E-state index in [9.17, 15) is 0 Å². The van der Waals surface area contributed by atoms with Crippen LogP contribution in [0.25, 0.3) is 0 Å². The maximum absolute atomic E-state index is 5.71. The Hall–Kier alpha value is 0.270. The molecule has 0 bridgehead atoms. The molecule has 0 aromatic heterocycles. The first-order chi connectivity index (χ1) is 5.73. The molecule has 1 rings (SSSR count). The molecule has 0 aromatic carbocycles. The Morgan fingerprint density at radius 1 is 1.67 bits per heavy atom. The molecule has 2 unspecified atom stereocenters. The van der Waals surface area contributed by atoms with Crippen molar-refractivity contribution in [3.8, 4) is 0 Å². The molecule has 1 heterocycles. The normalized spacial score (nSPS) is 29.8. The molecule has 1 aliphatic rings. The van der Waals surface area contributed by atoms with Gasteiger partial charge in [-0.2, -0.15) is 11.8 Å². The molecule has 72 valence electrons. The van der Waals surface area contributed by atoms with Gasteiger partial charge in [-0.15, -0.1) is 0 Å². The Morgan fingerprint density at radius 2 is 2.42 bits per heavy atom. The number of rotatable bonds is 3. The third kappa shape index (κ3) is 2.15. The number of thioether (sulfide) groups is 1. The molecular weight excluding hydrogens is 170 g/mol. The molecule has 1 saturated heterocycles. The Balaban J connectivity index is 2.51. The van der Waals surface area contributed by atoms with E-state index in [-0.39, 0.29) is 5.60 Å². The summed E-state index contributed by atoms with van der Waals surface area (Å²) < 4.78 is 5.49. The number of methoxy groups -OCH3 is 1. The van der Waals surface area contributed by atoms with E-state index >= 15 is 0 Å². The summed E-state index contributed by atoms with van der Waals surface area (Å²) in [6, 6.07) is 0. The van der Waals surface area contributed by atoms with Crippen molar-refractivity contribution >= 4 is 11.8 Å². The van der Waals surface area contributed by atoms with E-state index in [1.807, 2.05) is 11.8 Å². The van der Waals surface area contributed by atoms with Crippen LogP contribution >= 0.6 is 11.8 Å². The van der Waals surface area contributed by atoms with Crippen LogP contribution in [0.4, 0.5) is 0 Å². The van der Waals surface area contributed by atoms with Gasteiger partial charge in [0.2, 0.25) is 0 Å². The first-order valence-corrected chi connectivity index (χ1v) is 5.71. The lowest BCUT2D eigenvalue weighted by Crippen LogP contribution is -2.46. The smallest absolute Gasteiger partial charge is 0.0808 e. The van der Waals surface area contributed by atoms with Gasteiger partial charge < -0.3 is 10.5 Å². The van der Waals surface area contributed by atoms with Gasteiger partial charge in [-0.05, 0) is 37.2 Å². The minimum atomic E-state index is -0.0899. The van der Waals surface area contributed by atoms with Gasteiger partial charge in [0.25, 0.3) is 0 Å². The van der Waals surface area contributed by atoms with Crippen molar-refractivity contribution in [2.45, 2.75) is 25.4 Å². The number of ether oxygens (including phenoxy) is 1. The second kappa shape index (κ2) is 4.49. The molecule has 0 aromatic rings. The predicted octanol–water partition coefficient (Wildman–Crippen LogP) is 1.49. The lowest BCUT2D eigenvalue weighted by molar-refractivity contribution is -0.0317. The molecular formula is C9H19NOS. The van der Waals surface area contributed by atoms with Gasteiger partial charge >= 0.3 is 0 Å². The third-order valence-corrected chi connectivity index (χ3v) is 4.11. The van der Waals surface area contributed by atoms with Crippen LogP contribution in [0.1, 0.15) is 19.8 Å². The summed E-state index contributed by atoms with van der Waals surface area (Å²) in [4.78, 5) is 0. The Labute approximate surface area is 79.2 Å². The van der Waals surface area contributed by atoms with E-state index in [1.54, 1.807) is 7.11 Å². The maximum atomic E-state index is 5.71. The lowest BCUT2D eigenvalue weighted by atomic mass is 9.86. The number of nitrogens with two attached hydrogens (primary N) is 1. The molecule has 2 N–H and O–H groups in total. The highest BCUT2D eigenvalue weighted by Crippen LogP contribution is 2.32. The van der Waals surface area contributed by atoms with Crippen molar-refractivity contribution in [2.24, 2.45) is 11.7 Å². The van der Waals surface area contributed by atoms with Gasteiger partial charge in [-0.1, -0.05) is 0 Å². The van der Waals surface area contributed by atoms with E-state index in [1.165, 1.54) is 24.3 Å². The summed E-state index contributed by atoms with van der Waals surface area (Å²) >= 11 is 2.03. The first kappa shape index (κ1) is 10.4. The standard InChI is InChI=1S/C9H19NOS/c1-9(7-10,11-2)8-4-3-5-12-6-8/h8H,3-7,10H2,1-2H3. The van der Waals surface area contributed by atoms with Crippen LogP contribution in [0, 0.1) is 5.92 Å². The zero-order valence-electron chi connectivity index (χ0n) is 8.01. The highest BCUT2D eigenvalue weighted by atomic mass is 32.2. The molecule has 0 aliphatic carbocycles. The topological polar surface area (TPSA) is 35.2 Å². The van der Waals surface area contributed by atoms with Crippen molar-refractivity contribution in [3.63, 3.8) is 0 Å².